The Bertz CT molecular complexity index is 425. The smallest absolute Gasteiger partial charge is 0.326 e. The van der Waals surface area contributed by atoms with E-state index in [4.69, 9.17) is 4.74 Å². The molecule has 4 nitrogen and oxygen atoms in total. The Kier molecular flexibility index (Phi) is 5.01. The molecule has 1 aliphatic rings. The summed E-state index contributed by atoms with van der Waals surface area (Å²) in [5.74, 6) is -0.102. The van der Waals surface area contributed by atoms with Crippen molar-refractivity contribution in [3.8, 4) is 0 Å². The minimum Gasteiger partial charge on any atom is -0.465 e. The lowest BCUT2D eigenvalue weighted by molar-refractivity contribution is -0.152. The molecule has 20 heavy (non-hydrogen) atoms. The van der Waals surface area contributed by atoms with Gasteiger partial charge in [0.05, 0.1) is 6.61 Å². The largest absolute Gasteiger partial charge is 0.465 e. The number of esters is 1. The molecule has 0 aliphatic carbocycles. The van der Waals surface area contributed by atoms with Gasteiger partial charge in [-0.2, -0.15) is 0 Å². The zero-order valence-electron chi connectivity index (χ0n) is 12.4. The molecule has 0 atom stereocenters. The van der Waals surface area contributed by atoms with Crippen molar-refractivity contribution in [1.82, 2.24) is 5.32 Å². The highest BCUT2D eigenvalue weighted by molar-refractivity contribution is 5.81. The SMILES string of the molecule is CCNC1(C(=O)OCC)CCN(c2ccccc2)CC1. The van der Waals surface area contributed by atoms with E-state index in [1.54, 1.807) is 0 Å². The van der Waals surface area contributed by atoms with Gasteiger partial charge in [0.1, 0.15) is 5.54 Å². The summed E-state index contributed by atoms with van der Waals surface area (Å²) in [5.41, 5.74) is 0.720. The van der Waals surface area contributed by atoms with E-state index in [9.17, 15) is 4.79 Å². The number of hydrogen-bond acceptors (Lipinski definition) is 4. The van der Waals surface area contributed by atoms with Crippen molar-refractivity contribution in [1.29, 1.82) is 0 Å². The summed E-state index contributed by atoms with van der Waals surface area (Å²) < 4.78 is 5.26. The Balaban J connectivity index is 2.04. The number of carbonyl (C=O) groups is 1. The molecule has 0 bridgehead atoms. The number of anilines is 1. The van der Waals surface area contributed by atoms with Gasteiger partial charge in [0, 0.05) is 18.8 Å². The fourth-order valence-corrected chi connectivity index (χ4v) is 2.85. The van der Waals surface area contributed by atoms with E-state index in [2.05, 4.69) is 22.3 Å². The summed E-state index contributed by atoms with van der Waals surface area (Å²) in [7, 11) is 0. The van der Waals surface area contributed by atoms with Crippen LogP contribution in [0.5, 0.6) is 0 Å². The van der Waals surface area contributed by atoms with Crippen molar-refractivity contribution in [2.45, 2.75) is 32.2 Å². The van der Waals surface area contributed by atoms with Gasteiger partial charge in [-0.25, -0.2) is 0 Å². The van der Waals surface area contributed by atoms with Crippen LogP contribution in [0.1, 0.15) is 26.7 Å². The molecule has 1 saturated heterocycles. The second-order valence-electron chi connectivity index (χ2n) is 5.16. The molecule has 0 aromatic heterocycles. The number of rotatable bonds is 5. The molecule has 2 rings (SSSR count). The normalized spacial score (nSPS) is 17.8. The average Bonchev–Trinajstić information content (AvgIpc) is 2.49. The van der Waals surface area contributed by atoms with Gasteiger partial charge in [0.15, 0.2) is 0 Å². The Morgan fingerprint density at radius 3 is 2.45 bits per heavy atom. The highest BCUT2D eigenvalue weighted by atomic mass is 16.5. The van der Waals surface area contributed by atoms with Crippen molar-refractivity contribution >= 4 is 11.7 Å². The van der Waals surface area contributed by atoms with Crippen molar-refractivity contribution in [2.24, 2.45) is 0 Å². The third-order valence-electron chi connectivity index (χ3n) is 3.92. The number of benzene rings is 1. The standard InChI is InChI=1S/C16H24N2O2/c1-3-17-16(15(19)20-4-2)10-12-18(13-11-16)14-8-6-5-7-9-14/h5-9,17H,3-4,10-13H2,1-2H3. The topological polar surface area (TPSA) is 41.6 Å². The van der Waals surface area contributed by atoms with E-state index in [0.717, 1.165) is 32.5 Å². The first-order chi connectivity index (χ1) is 9.72. The van der Waals surface area contributed by atoms with Crippen molar-refractivity contribution in [3.63, 3.8) is 0 Å². The van der Waals surface area contributed by atoms with Gasteiger partial charge in [0.2, 0.25) is 0 Å². The maximum Gasteiger partial charge on any atom is 0.326 e. The Labute approximate surface area is 121 Å². The minimum absolute atomic E-state index is 0.102. The van der Waals surface area contributed by atoms with Gasteiger partial charge in [-0.1, -0.05) is 25.1 Å². The van der Waals surface area contributed by atoms with Gasteiger partial charge in [-0.15, -0.1) is 0 Å². The van der Waals surface area contributed by atoms with Crippen LogP contribution in [0.25, 0.3) is 0 Å². The first-order valence-corrected chi connectivity index (χ1v) is 7.44. The number of nitrogens with one attached hydrogen (secondary N) is 1. The van der Waals surface area contributed by atoms with Crippen molar-refractivity contribution in [3.05, 3.63) is 30.3 Å². The molecule has 4 heteroatoms. The third-order valence-corrected chi connectivity index (χ3v) is 3.92. The summed E-state index contributed by atoms with van der Waals surface area (Å²) in [6.07, 6.45) is 1.57. The first-order valence-electron chi connectivity index (χ1n) is 7.44. The summed E-state index contributed by atoms with van der Waals surface area (Å²) in [6.45, 7) is 6.85. The van der Waals surface area contributed by atoms with Crippen molar-refractivity contribution in [2.75, 3.05) is 31.1 Å². The minimum atomic E-state index is -0.504. The van der Waals surface area contributed by atoms with Crippen LogP contribution in [-0.2, 0) is 9.53 Å². The van der Waals surface area contributed by atoms with Gasteiger partial charge >= 0.3 is 5.97 Å². The predicted octanol–water partition coefficient (Wildman–Crippen LogP) is 2.20. The molecule has 1 fully saturated rings. The summed E-state index contributed by atoms with van der Waals surface area (Å²) in [5, 5.41) is 3.35. The quantitative estimate of drug-likeness (QED) is 0.837. The van der Waals surface area contributed by atoms with E-state index >= 15 is 0 Å². The van der Waals surface area contributed by atoms with E-state index in [1.165, 1.54) is 5.69 Å². The maximum atomic E-state index is 12.2. The number of ether oxygens (including phenoxy) is 1. The number of para-hydroxylation sites is 1. The third kappa shape index (κ3) is 3.12. The fourth-order valence-electron chi connectivity index (χ4n) is 2.85. The molecule has 1 aliphatic heterocycles. The average molecular weight is 276 g/mol. The number of piperidine rings is 1. The highest BCUT2D eigenvalue weighted by Crippen LogP contribution is 2.27. The van der Waals surface area contributed by atoms with Crippen LogP contribution < -0.4 is 10.2 Å². The summed E-state index contributed by atoms with van der Waals surface area (Å²) in [4.78, 5) is 14.6. The van der Waals surface area contributed by atoms with Crippen LogP contribution in [0, 0.1) is 0 Å². The molecule has 110 valence electrons. The monoisotopic (exact) mass is 276 g/mol. The summed E-state index contributed by atoms with van der Waals surface area (Å²) >= 11 is 0. The molecule has 1 heterocycles. The molecule has 1 aromatic carbocycles. The van der Waals surface area contributed by atoms with Crippen LogP contribution in [0.3, 0.4) is 0 Å². The Morgan fingerprint density at radius 2 is 1.90 bits per heavy atom. The van der Waals surface area contributed by atoms with Gasteiger partial charge < -0.3 is 15.0 Å². The zero-order chi connectivity index (χ0) is 14.4. The molecular formula is C16H24N2O2. The number of likely N-dealkylation sites (N-methyl/N-ethyl adjacent to an activating group) is 1. The second kappa shape index (κ2) is 6.75. The second-order valence-corrected chi connectivity index (χ2v) is 5.16. The number of carbonyl (C=O) groups excluding carboxylic acids is 1. The molecule has 0 amide bonds. The van der Waals surface area contributed by atoms with Crippen LogP contribution >= 0.6 is 0 Å². The lowest BCUT2D eigenvalue weighted by Gasteiger charge is -2.41. The van der Waals surface area contributed by atoms with Gasteiger partial charge in [0.25, 0.3) is 0 Å². The molecular weight excluding hydrogens is 252 g/mol. The molecule has 0 unspecified atom stereocenters. The lowest BCUT2D eigenvalue weighted by atomic mass is 9.87. The first kappa shape index (κ1) is 14.9. The van der Waals surface area contributed by atoms with E-state index < -0.39 is 5.54 Å². The predicted molar refractivity (Wildman–Crippen MR) is 80.9 cm³/mol. The molecule has 1 N–H and O–H groups in total. The van der Waals surface area contributed by atoms with E-state index in [-0.39, 0.29) is 5.97 Å². The molecule has 1 aromatic rings. The molecule has 0 saturated carbocycles. The van der Waals surface area contributed by atoms with E-state index in [1.807, 2.05) is 32.0 Å². The van der Waals surface area contributed by atoms with Crippen LogP contribution in [0.15, 0.2) is 30.3 Å². The van der Waals surface area contributed by atoms with Crippen LogP contribution in [0.2, 0.25) is 0 Å². The highest BCUT2D eigenvalue weighted by Gasteiger charge is 2.41. The Hall–Kier alpha value is -1.55. The Morgan fingerprint density at radius 1 is 1.25 bits per heavy atom. The number of nitrogens with zero attached hydrogens (tertiary/aromatic N) is 1. The van der Waals surface area contributed by atoms with Gasteiger partial charge in [-0.05, 0) is 38.4 Å². The zero-order valence-corrected chi connectivity index (χ0v) is 12.4. The maximum absolute atomic E-state index is 12.2. The summed E-state index contributed by atoms with van der Waals surface area (Å²) in [6, 6.07) is 10.4. The molecule has 0 radical (unpaired) electrons. The van der Waals surface area contributed by atoms with Crippen LogP contribution in [-0.4, -0.2) is 37.7 Å². The van der Waals surface area contributed by atoms with Crippen molar-refractivity contribution < 1.29 is 9.53 Å². The lowest BCUT2D eigenvalue weighted by Crippen LogP contribution is -2.59. The number of hydrogen-bond donors (Lipinski definition) is 1. The molecule has 0 spiro atoms. The fraction of sp³-hybridized carbons (Fsp3) is 0.562. The van der Waals surface area contributed by atoms with E-state index in [0.29, 0.717) is 6.61 Å². The van der Waals surface area contributed by atoms with Gasteiger partial charge in [-0.3, -0.25) is 4.79 Å². The van der Waals surface area contributed by atoms with Crippen LogP contribution in [0.4, 0.5) is 5.69 Å².